The van der Waals surface area contributed by atoms with Crippen LogP contribution in [0, 0.1) is 0 Å². The van der Waals surface area contributed by atoms with E-state index in [9.17, 15) is 4.79 Å². The molecule has 4 rings (SSSR count). The number of methoxy groups -OCH3 is 1. The Bertz CT molecular complexity index is 1110. The highest BCUT2D eigenvalue weighted by Crippen LogP contribution is 2.24. The quantitative estimate of drug-likeness (QED) is 0.485. The molecule has 2 heterocycles. The number of para-hydroxylation sites is 1. The molecule has 0 aliphatic rings. The molecular formula is C21H18N4O3. The van der Waals surface area contributed by atoms with E-state index in [0.717, 1.165) is 16.7 Å². The van der Waals surface area contributed by atoms with Crippen molar-refractivity contribution in [2.75, 3.05) is 17.7 Å². The van der Waals surface area contributed by atoms with E-state index < -0.39 is 5.97 Å². The molecule has 140 valence electrons. The maximum absolute atomic E-state index is 11.7. The summed E-state index contributed by atoms with van der Waals surface area (Å²) in [5, 5.41) is 7.36. The van der Waals surface area contributed by atoms with Crippen LogP contribution in [0.3, 0.4) is 0 Å². The minimum atomic E-state index is -0.399. The molecule has 0 bridgehead atoms. The molecule has 0 atom stereocenters. The van der Waals surface area contributed by atoms with Gasteiger partial charge in [-0.15, -0.1) is 0 Å². The first kappa shape index (κ1) is 17.5. The standard InChI is InChI=1S/C21H18N4O3/c1-27-20(26)14-6-4-7-15(12-14)23-21-24-18-10-3-2-9-17(18)19(25-21)22-13-16-8-5-11-28-16/h2-12H,13H2,1H3,(H2,22,23,24,25). The average Bonchev–Trinajstić information content (AvgIpc) is 3.25. The zero-order valence-corrected chi connectivity index (χ0v) is 15.2. The van der Waals surface area contributed by atoms with Gasteiger partial charge in [0.15, 0.2) is 0 Å². The van der Waals surface area contributed by atoms with Crippen molar-refractivity contribution >= 4 is 34.3 Å². The molecule has 2 aromatic carbocycles. The van der Waals surface area contributed by atoms with E-state index in [2.05, 4.69) is 20.6 Å². The predicted molar refractivity (Wildman–Crippen MR) is 107 cm³/mol. The van der Waals surface area contributed by atoms with Crippen molar-refractivity contribution in [2.45, 2.75) is 6.54 Å². The lowest BCUT2D eigenvalue weighted by Crippen LogP contribution is -2.06. The second kappa shape index (κ2) is 7.79. The fourth-order valence-electron chi connectivity index (χ4n) is 2.82. The molecule has 0 fully saturated rings. The number of carbonyl (C=O) groups is 1. The number of nitrogens with zero attached hydrogens (tertiary/aromatic N) is 2. The van der Waals surface area contributed by atoms with Crippen LogP contribution in [0.25, 0.3) is 10.9 Å². The van der Waals surface area contributed by atoms with E-state index in [4.69, 9.17) is 9.15 Å². The van der Waals surface area contributed by atoms with Gasteiger partial charge < -0.3 is 19.8 Å². The summed E-state index contributed by atoms with van der Waals surface area (Å²) in [7, 11) is 1.35. The summed E-state index contributed by atoms with van der Waals surface area (Å²) >= 11 is 0. The lowest BCUT2D eigenvalue weighted by molar-refractivity contribution is 0.0601. The molecule has 7 nitrogen and oxygen atoms in total. The van der Waals surface area contributed by atoms with Crippen LogP contribution in [0.1, 0.15) is 16.1 Å². The van der Waals surface area contributed by atoms with Crippen LogP contribution in [-0.2, 0) is 11.3 Å². The third-order valence-corrected chi connectivity index (χ3v) is 4.15. The summed E-state index contributed by atoms with van der Waals surface area (Å²) in [5.74, 6) is 1.52. The first-order chi connectivity index (χ1) is 13.7. The van der Waals surface area contributed by atoms with E-state index in [1.54, 1.807) is 24.5 Å². The lowest BCUT2D eigenvalue weighted by atomic mass is 10.2. The molecular weight excluding hydrogens is 356 g/mol. The molecule has 2 aromatic heterocycles. The number of aromatic nitrogens is 2. The molecule has 0 radical (unpaired) electrons. The smallest absolute Gasteiger partial charge is 0.337 e. The molecule has 0 spiro atoms. The number of anilines is 3. The van der Waals surface area contributed by atoms with Gasteiger partial charge in [0.1, 0.15) is 11.6 Å². The summed E-state index contributed by atoms with van der Waals surface area (Å²) < 4.78 is 10.1. The highest BCUT2D eigenvalue weighted by atomic mass is 16.5. The highest BCUT2D eigenvalue weighted by Gasteiger charge is 2.10. The van der Waals surface area contributed by atoms with E-state index in [1.165, 1.54) is 7.11 Å². The number of hydrogen-bond acceptors (Lipinski definition) is 7. The van der Waals surface area contributed by atoms with Gasteiger partial charge in [-0.05, 0) is 42.5 Å². The molecule has 0 saturated heterocycles. The number of ether oxygens (including phenoxy) is 1. The van der Waals surface area contributed by atoms with Crippen LogP contribution >= 0.6 is 0 Å². The molecule has 0 amide bonds. The lowest BCUT2D eigenvalue weighted by Gasteiger charge is -2.11. The minimum absolute atomic E-state index is 0.399. The Morgan fingerprint density at radius 2 is 1.96 bits per heavy atom. The van der Waals surface area contributed by atoms with Crippen LogP contribution in [-0.4, -0.2) is 23.0 Å². The fourth-order valence-corrected chi connectivity index (χ4v) is 2.82. The SMILES string of the molecule is COC(=O)c1cccc(Nc2nc(NCc3ccco3)c3ccccc3n2)c1. The third kappa shape index (κ3) is 3.78. The van der Waals surface area contributed by atoms with Crippen molar-refractivity contribution in [2.24, 2.45) is 0 Å². The average molecular weight is 374 g/mol. The second-order valence-electron chi connectivity index (χ2n) is 6.04. The minimum Gasteiger partial charge on any atom is -0.467 e. The number of furan rings is 1. The molecule has 0 unspecified atom stereocenters. The van der Waals surface area contributed by atoms with Crippen LogP contribution < -0.4 is 10.6 Å². The highest BCUT2D eigenvalue weighted by molar-refractivity contribution is 5.91. The molecule has 7 heteroatoms. The maximum atomic E-state index is 11.7. The van der Waals surface area contributed by atoms with Gasteiger partial charge in [0.05, 0.1) is 31.0 Å². The summed E-state index contributed by atoms with van der Waals surface area (Å²) in [5.41, 5.74) is 1.94. The number of rotatable bonds is 6. The van der Waals surface area contributed by atoms with Crippen molar-refractivity contribution < 1.29 is 13.9 Å². The Labute approximate surface area is 161 Å². The Morgan fingerprint density at radius 3 is 2.79 bits per heavy atom. The van der Waals surface area contributed by atoms with Gasteiger partial charge in [-0.2, -0.15) is 4.98 Å². The van der Waals surface area contributed by atoms with Crippen molar-refractivity contribution in [1.82, 2.24) is 9.97 Å². The van der Waals surface area contributed by atoms with Gasteiger partial charge in [0.25, 0.3) is 0 Å². The molecule has 0 aliphatic heterocycles. The summed E-state index contributed by atoms with van der Waals surface area (Å²) in [6.45, 7) is 0.505. The van der Waals surface area contributed by atoms with E-state index >= 15 is 0 Å². The van der Waals surface area contributed by atoms with Crippen molar-refractivity contribution in [3.05, 3.63) is 78.3 Å². The first-order valence-corrected chi connectivity index (χ1v) is 8.71. The number of esters is 1. The second-order valence-corrected chi connectivity index (χ2v) is 6.04. The van der Waals surface area contributed by atoms with Gasteiger partial charge in [0, 0.05) is 11.1 Å². The zero-order chi connectivity index (χ0) is 19.3. The van der Waals surface area contributed by atoms with E-state index in [1.807, 2.05) is 42.5 Å². The fraction of sp³-hybridized carbons (Fsp3) is 0.0952. The molecule has 4 aromatic rings. The Hall–Kier alpha value is -3.87. The third-order valence-electron chi connectivity index (χ3n) is 4.15. The molecule has 0 saturated carbocycles. The number of hydrogen-bond donors (Lipinski definition) is 2. The molecule has 28 heavy (non-hydrogen) atoms. The maximum Gasteiger partial charge on any atom is 0.337 e. The van der Waals surface area contributed by atoms with Gasteiger partial charge in [-0.1, -0.05) is 18.2 Å². The van der Waals surface area contributed by atoms with Crippen LogP contribution in [0.2, 0.25) is 0 Å². The summed E-state index contributed by atoms with van der Waals surface area (Å²) in [4.78, 5) is 20.9. The van der Waals surface area contributed by atoms with Crippen LogP contribution in [0.15, 0.2) is 71.3 Å². The number of benzene rings is 2. The van der Waals surface area contributed by atoms with Gasteiger partial charge in [-0.25, -0.2) is 9.78 Å². The monoisotopic (exact) mass is 374 g/mol. The molecule has 0 aliphatic carbocycles. The zero-order valence-electron chi connectivity index (χ0n) is 15.2. The number of nitrogens with one attached hydrogen (secondary N) is 2. The normalized spacial score (nSPS) is 10.6. The van der Waals surface area contributed by atoms with Crippen molar-refractivity contribution in [1.29, 1.82) is 0 Å². The first-order valence-electron chi connectivity index (χ1n) is 8.71. The van der Waals surface area contributed by atoms with E-state index in [-0.39, 0.29) is 0 Å². The van der Waals surface area contributed by atoms with Crippen LogP contribution in [0.4, 0.5) is 17.5 Å². The molecule has 2 N–H and O–H groups in total. The van der Waals surface area contributed by atoms with Crippen molar-refractivity contribution in [3.63, 3.8) is 0 Å². The van der Waals surface area contributed by atoms with E-state index in [0.29, 0.717) is 29.6 Å². The Kier molecular flexibility index (Phi) is 4.88. The topological polar surface area (TPSA) is 89.3 Å². The van der Waals surface area contributed by atoms with Gasteiger partial charge >= 0.3 is 5.97 Å². The van der Waals surface area contributed by atoms with Gasteiger partial charge in [-0.3, -0.25) is 0 Å². The summed E-state index contributed by atoms with van der Waals surface area (Å²) in [6, 6.07) is 18.5. The largest absolute Gasteiger partial charge is 0.467 e. The van der Waals surface area contributed by atoms with Crippen LogP contribution in [0.5, 0.6) is 0 Å². The Morgan fingerprint density at radius 1 is 1.07 bits per heavy atom. The predicted octanol–water partition coefficient (Wildman–Crippen LogP) is 4.37. The number of carbonyl (C=O) groups excluding carboxylic acids is 1. The number of fused-ring (bicyclic) bond motifs is 1. The van der Waals surface area contributed by atoms with Gasteiger partial charge in [0.2, 0.25) is 5.95 Å². The Balaban J connectivity index is 1.65. The summed E-state index contributed by atoms with van der Waals surface area (Å²) in [6.07, 6.45) is 1.64. The van der Waals surface area contributed by atoms with Crippen molar-refractivity contribution in [3.8, 4) is 0 Å².